The molecule has 25 heavy (non-hydrogen) atoms. The number of amides is 1. The van der Waals surface area contributed by atoms with Gasteiger partial charge in [-0.3, -0.25) is 4.79 Å². The van der Waals surface area contributed by atoms with E-state index in [1.165, 1.54) is 0 Å². The van der Waals surface area contributed by atoms with Crippen LogP contribution in [0.2, 0.25) is 0 Å². The molecule has 0 saturated carbocycles. The van der Waals surface area contributed by atoms with Gasteiger partial charge in [-0.05, 0) is 56.0 Å². The molecule has 2 N–H and O–H groups in total. The predicted molar refractivity (Wildman–Crippen MR) is 97.1 cm³/mol. The SMILES string of the molecule is COc1ccc(-n2ccc(C(=O)NCC(C)(O)CCC(C)C)n2)cc1. The Kier molecular flexibility index (Phi) is 6.20. The first-order valence-electron chi connectivity index (χ1n) is 8.51. The Morgan fingerprint density at radius 1 is 1.32 bits per heavy atom. The number of nitrogens with one attached hydrogen (secondary N) is 1. The average Bonchev–Trinajstić information content (AvgIpc) is 3.08. The van der Waals surface area contributed by atoms with Gasteiger partial charge in [0.25, 0.3) is 5.91 Å². The Morgan fingerprint density at radius 3 is 2.60 bits per heavy atom. The van der Waals surface area contributed by atoms with Crippen LogP contribution in [0.4, 0.5) is 0 Å². The summed E-state index contributed by atoms with van der Waals surface area (Å²) in [6, 6.07) is 9.06. The van der Waals surface area contributed by atoms with Crippen LogP contribution >= 0.6 is 0 Å². The lowest BCUT2D eigenvalue weighted by Crippen LogP contribution is -2.41. The minimum Gasteiger partial charge on any atom is -0.497 e. The summed E-state index contributed by atoms with van der Waals surface area (Å²) in [5.74, 6) is 0.983. The molecule has 0 aliphatic heterocycles. The molecule has 0 bridgehead atoms. The van der Waals surface area contributed by atoms with E-state index < -0.39 is 5.60 Å². The van der Waals surface area contributed by atoms with Crippen molar-refractivity contribution < 1.29 is 14.6 Å². The lowest BCUT2D eigenvalue weighted by atomic mass is 9.95. The lowest BCUT2D eigenvalue weighted by Gasteiger charge is -2.24. The van der Waals surface area contributed by atoms with Crippen LogP contribution in [-0.4, -0.2) is 40.0 Å². The minimum absolute atomic E-state index is 0.202. The monoisotopic (exact) mass is 345 g/mol. The van der Waals surface area contributed by atoms with Crippen molar-refractivity contribution in [3.63, 3.8) is 0 Å². The van der Waals surface area contributed by atoms with Gasteiger partial charge in [-0.2, -0.15) is 5.10 Å². The number of carbonyl (C=O) groups is 1. The van der Waals surface area contributed by atoms with Gasteiger partial charge in [0.1, 0.15) is 5.75 Å². The zero-order chi connectivity index (χ0) is 18.4. The molecule has 0 aliphatic carbocycles. The molecule has 2 aromatic rings. The van der Waals surface area contributed by atoms with E-state index in [0.29, 0.717) is 18.0 Å². The summed E-state index contributed by atoms with van der Waals surface area (Å²) >= 11 is 0. The van der Waals surface area contributed by atoms with Crippen molar-refractivity contribution in [2.45, 2.75) is 39.2 Å². The molecular weight excluding hydrogens is 318 g/mol. The average molecular weight is 345 g/mol. The number of aliphatic hydroxyl groups is 1. The molecule has 1 amide bonds. The van der Waals surface area contributed by atoms with Crippen LogP contribution in [0.1, 0.15) is 44.1 Å². The molecule has 1 heterocycles. The third-order valence-electron chi connectivity index (χ3n) is 4.05. The maximum absolute atomic E-state index is 12.3. The van der Waals surface area contributed by atoms with Crippen molar-refractivity contribution in [3.05, 3.63) is 42.2 Å². The Morgan fingerprint density at radius 2 is 2.00 bits per heavy atom. The van der Waals surface area contributed by atoms with Crippen molar-refractivity contribution in [3.8, 4) is 11.4 Å². The van der Waals surface area contributed by atoms with Gasteiger partial charge < -0.3 is 15.2 Å². The van der Waals surface area contributed by atoms with Gasteiger partial charge in [0.15, 0.2) is 5.69 Å². The Balaban J connectivity index is 1.95. The zero-order valence-electron chi connectivity index (χ0n) is 15.3. The molecule has 0 aliphatic rings. The van der Waals surface area contributed by atoms with Crippen LogP contribution in [-0.2, 0) is 0 Å². The molecule has 1 aromatic carbocycles. The Labute approximate surface area is 148 Å². The van der Waals surface area contributed by atoms with E-state index in [4.69, 9.17) is 4.74 Å². The summed E-state index contributed by atoms with van der Waals surface area (Å²) in [5.41, 5.74) is 0.234. The van der Waals surface area contributed by atoms with E-state index in [9.17, 15) is 9.90 Å². The largest absolute Gasteiger partial charge is 0.497 e. The van der Waals surface area contributed by atoms with Crippen molar-refractivity contribution >= 4 is 5.91 Å². The fraction of sp³-hybridized carbons (Fsp3) is 0.474. The van der Waals surface area contributed by atoms with E-state index >= 15 is 0 Å². The molecule has 1 aromatic heterocycles. The highest BCUT2D eigenvalue weighted by Gasteiger charge is 2.22. The van der Waals surface area contributed by atoms with Crippen LogP contribution in [0.25, 0.3) is 5.69 Å². The zero-order valence-corrected chi connectivity index (χ0v) is 15.3. The molecule has 0 radical (unpaired) electrons. The molecule has 1 unspecified atom stereocenters. The van der Waals surface area contributed by atoms with Crippen molar-refractivity contribution in [1.29, 1.82) is 0 Å². The number of rotatable bonds is 8. The van der Waals surface area contributed by atoms with E-state index in [1.54, 1.807) is 31.0 Å². The van der Waals surface area contributed by atoms with Gasteiger partial charge in [-0.15, -0.1) is 0 Å². The fourth-order valence-corrected chi connectivity index (χ4v) is 2.37. The normalized spacial score (nSPS) is 13.5. The van der Waals surface area contributed by atoms with Gasteiger partial charge in [-0.1, -0.05) is 13.8 Å². The summed E-state index contributed by atoms with van der Waals surface area (Å²) in [7, 11) is 1.61. The third-order valence-corrected chi connectivity index (χ3v) is 4.05. The number of methoxy groups -OCH3 is 1. The van der Waals surface area contributed by atoms with Gasteiger partial charge in [0.2, 0.25) is 0 Å². The molecule has 0 fully saturated rings. The standard InChI is InChI=1S/C19H27N3O3/c1-14(2)9-11-19(3,24)13-20-18(23)17-10-12-22(21-17)15-5-7-16(25-4)8-6-15/h5-8,10,12,14,24H,9,11,13H2,1-4H3,(H,20,23). The fourth-order valence-electron chi connectivity index (χ4n) is 2.37. The summed E-state index contributed by atoms with van der Waals surface area (Å²) in [4.78, 5) is 12.3. The molecule has 6 nitrogen and oxygen atoms in total. The van der Waals surface area contributed by atoms with Gasteiger partial charge in [0, 0.05) is 12.7 Å². The highest BCUT2D eigenvalue weighted by Crippen LogP contribution is 2.16. The minimum atomic E-state index is -0.918. The summed E-state index contributed by atoms with van der Waals surface area (Å²) in [6.07, 6.45) is 3.29. The summed E-state index contributed by atoms with van der Waals surface area (Å²) in [5, 5.41) is 17.4. The van der Waals surface area contributed by atoms with Crippen molar-refractivity contribution in [2.24, 2.45) is 5.92 Å². The van der Waals surface area contributed by atoms with Gasteiger partial charge >= 0.3 is 0 Å². The number of benzene rings is 1. The first-order chi connectivity index (χ1) is 11.8. The Bertz CT molecular complexity index is 690. The van der Waals surface area contributed by atoms with Gasteiger partial charge in [-0.25, -0.2) is 4.68 Å². The second-order valence-electron chi connectivity index (χ2n) is 6.96. The highest BCUT2D eigenvalue weighted by molar-refractivity contribution is 5.92. The van der Waals surface area contributed by atoms with Crippen molar-refractivity contribution in [2.75, 3.05) is 13.7 Å². The number of hydrogen-bond donors (Lipinski definition) is 2. The molecule has 0 saturated heterocycles. The van der Waals surface area contributed by atoms with E-state index in [2.05, 4.69) is 24.3 Å². The maximum Gasteiger partial charge on any atom is 0.271 e. The molecular formula is C19H27N3O3. The van der Waals surface area contributed by atoms with E-state index in [1.807, 2.05) is 24.3 Å². The summed E-state index contributed by atoms with van der Waals surface area (Å²) < 4.78 is 6.76. The third kappa shape index (κ3) is 5.60. The quantitative estimate of drug-likeness (QED) is 0.771. The molecule has 1 atom stereocenters. The molecule has 6 heteroatoms. The lowest BCUT2D eigenvalue weighted by molar-refractivity contribution is 0.0428. The highest BCUT2D eigenvalue weighted by atomic mass is 16.5. The van der Waals surface area contributed by atoms with E-state index in [0.717, 1.165) is 17.9 Å². The molecule has 0 spiro atoms. The predicted octanol–water partition coefficient (Wildman–Crippen LogP) is 2.80. The van der Waals surface area contributed by atoms with Crippen LogP contribution in [0.5, 0.6) is 5.75 Å². The van der Waals surface area contributed by atoms with Gasteiger partial charge in [0.05, 0.1) is 18.4 Å². The smallest absolute Gasteiger partial charge is 0.271 e. The van der Waals surface area contributed by atoms with E-state index in [-0.39, 0.29) is 12.5 Å². The molecule has 2 rings (SSSR count). The number of hydrogen-bond acceptors (Lipinski definition) is 4. The number of carbonyl (C=O) groups excluding carboxylic acids is 1. The summed E-state index contributed by atoms with van der Waals surface area (Å²) in [6.45, 7) is 6.17. The number of ether oxygens (including phenoxy) is 1. The second-order valence-corrected chi connectivity index (χ2v) is 6.96. The first kappa shape index (κ1) is 19.0. The first-order valence-corrected chi connectivity index (χ1v) is 8.51. The van der Waals surface area contributed by atoms with Crippen LogP contribution in [0, 0.1) is 5.92 Å². The number of aromatic nitrogens is 2. The topological polar surface area (TPSA) is 76.4 Å². The van der Waals surface area contributed by atoms with Crippen LogP contribution < -0.4 is 10.1 Å². The maximum atomic E-state index is 12.3. The van der Waals surface area contributed by atoms with Crippen LogP contribution in [0.3, 0.4) is 0 Å². The van der Waals surface area contributed by atoms with Crippen LogP contribution in [0.15, 0.2) is 36.5 Å². The molecule has 136 valence electrons. The van der Waals surface area contributed by atoms with Crippen molar-refractivity contribution in [1.82, 2.24) is 15.1 Å². The number of nitrogens with zero attached hydrogens (tertiary/aromatic N) is 2. The second kappa shape index (κ2) is 8.16. The Hall–Kier alpha value is -2.34.